The maximum Gasteiger partial charge on any atom is 0.175 e. The van der Waals surface area contributed by atoms with Crippen LogP contribution < -0.4 is 5.73 Å². The largest absolute Gasteiger partial charge is 0.330 e. The third-order valence-electron chi connectivity index (χ3n) is 4.35. The number of hydrogen-bond acceptors (Lipinski definition) is 4. The molecule has 2 N–H and O–H groups in total. The highest BCUT2D eigenvalue weighted by Gasteiger charge is 2.32. The Morgan fingerprint density at radius 3 is 2.40 bits per heavy atom. The van der Waals surface area contributed by atoms with E-state index in [0.717, 1.165) is 29.7 Å². The molecule has 112 valence electrons. The zero-order valence-electron chi connectivity index (χ0n) is 12.7. The van der Waals surface area contributed by atoms with E-state index in [4.69, 9.17) is 5.73 Å². The maximum atomic E-state index is 12.1. The Balaban J connectivity index is 2.53. The first-order valence-electron chi connectivity index (χ1n) is 6.95. The van der Waals surface area contributed by atoms with Gasteiger partial charge in [0, 0.05) is 18.8 Å². The maximum absolute atomic E-state index is 12.1. The first kappa shape index (κ1) is 15.5. The summed E-state index contributed by atoms with van der Waals surface area (Å²) < 4.78 is 24.2. The van der Waals surface area contributed by atoms with Crippen LogP contribution in [-0.2, 0) is 9.84 Å². The fourth-order valence-electron chi connectivity index (χ4n) is 3.03. The predicted octanol–water partition coefficient (Wildman–Crippen LogP) is 1.66. The van der Waals surface area contributed by atoms with Crippen molar-refractivity contribution in [2.45, 2.75) is 31.2 Å². The van der Waals surface area contributed by atoms with Crippen molar-refractivity contribution >= 4 is 9.84 Å². The number of benzene rings is 1. The van der Waals surface area contributed by atoms with Crippen LogP contribution in [0, 0.1) is 19.8 Å². The van der Waals surface area contributed by atoms with Crippen molar-refractivity contribution in [2.24, 2.45) is 11.7 Å². The molecule has 1 fully saturated rings. The Kier molecular flexibility index (Phi) is 4.23. The van der Waals surface area contributed by atoms with Crippen molar-refractivity contribution in [2.75, 3.05) is 26.4 Å². The van der Waals surface area contributed by atoms with E-state index >= 15 is 0 Å². The van der Waals surface area contributed by atoms with Crippen LogP contribution in [0.3, 0.4) is 0 Å². The Labute approximate surface area is 121 Å². The molecule has 0 aromatic heterocycles. The van der Waals surface area contributed by atoms with Gasteiger partial charge in [-0.3, -0.25) is 4.90 Å². The smallest absolute Gasteiger partial charge is 0.175 e. The molecule has 2 atom stereocenters. The van der Waals surface area contributed by atoms with Crippen LogP contribution in [0.4, 0.5) is 0 Å². The number of nitrogens with two attached hydrogens (primary N) is 1. The van der Waals surface area contributed by atoms with Gasteiger partial charge in [-0.05, 0) is 62.5 Å². The van der Waals surface area contributed by atoms with Crippen LogP contribution in [0.1, 0.15) is 29.2 Å². The highest BCUT2D eigenvalue weighted by Crippen LogP contribution is 2.37. The molecular formula is C15H24N2O2S. The molecule has 1 heterocycles. The van der Waals surface area contributed by atoms with E-state index in [1.54, 1.807) is 0 Å². The number of aryl methyl sites for hydroxylation is 2. The second kappa shape index (κ2) is 5.47. The number of rotatable bonds is 3. The minimum Gasteiger partial charge on any atom is -0.330 e. The van der Waals surface area contributed by atoms with Gasteiger partial charge in [0.05, 0.1) is 4.90 Å². The van der Waals surface area contributed by atoms with Gasteiger partial charge in [0.15, 0.2) is 9.84 Å². The molecule has 0 spiro atoms. The first-order valence-corrected chi connectivity index (χ1v) is 8.84. The molecule has 0 saturated carbocycles. The van der Waals surface area contributed by atoms with Crippen molar-refractivity contribution < 1.29 is 8.42 Å². The summed E-state index contributed by atoms with van der Waals surface area (Å²) in [6.07, 6.45) is 2.22. The highest BCUT2D eigenvalue weighted by molar-refractivity contribution is 7.90. The van der Waals surface area contributed by atoms with Crippen molar-refractivity contribution in [3.05, 3.63) is 28.8 Å². The molecule has 0 amide bonds. The average molecular weight is 296 g/mol. The van der Waals surface area contributed by atoms with Crippen LogP contribution >= 0.6 is 0 Å². The van der Waals surface area contributed by atoms with Crippen LogP contribution in [0.2, 0.25) is 0 Å². The lowest BCUT2D eigenvalue weighted by Crippen LogP contribution is -2.21. The van der Waals surface area contributed by atoms with E-state index in [1.807, 2.05) is 33.0 Å². The molecule has 1 aromatic carbocycles. The number of likely N-dealkylation sites (tertiary alicyclic amines) is 1. The van der Waals surface area contributed by atoms with Gasteiger partial charge in [-0.15, -0.1) is 0 Å². The Morgan fingerprint density at radius 2 is 1.90 bits per heavy atom. The molecule has 1 aliphatic heterocycles. The summed E-state index contributed by atoms with van der Waals surface area (Å²) in [5.41, 5.74) is 8.85. The lowest BCUT2D eigenvalue weighted by Gasteiger charge is -2.23. The van der Waals surface area contributed by atoms with E-state index in [0.29, 0.717) is 17.4 Å². The lowest BCUT2D eigenvalue weighted by molar-refractivity contribution is 0.310. The number of sulfone groups is 1. The minimum absolute atomic E-state index is 0.146. The van der Waals surface area contributed by atoms with Crippen LogP contribution in [0.5, 0.6) is 0 Å². The molecule has 5 heteroatoms. The second-order valence-corrected chi connectivity index (χ2v) is 8.02. The van der Waals surface area contributed by atoms with E-state index in [-0.39, 0.29) is 6.04 Å². The zero-order valence-corrected chi connectivity index (χ0v) is 13.5. The third-order valence-corrected chi connectivity index (χ3v) is 5.51. The van der Waals surface area contributed by atoms with E-state index in [1.165, 1.54) is 6.26 Å². The average Bonchev–Trinajstić information content (AvgIpc) is 2.72. The lowest BCUT2D eigenvalue weighted by atomic mass is 9.96. The third kappa shape index (κ3) is 2.90. The van der Waals surface area contributed by atoms with E-state index in [9.17, 15) is 8.42 Å². The van der Waals surface area contributed by atoms with E-state index in [2.05, 4.69) is 4.90 Å². The Bertz CT molecular complexity index is 611. The van der Waals surface area contributed by atoms with Crippen molar-refractivity contribution in [1.82, 2.24) is 4.90 Å². The SMILES string of the molecule is Cc1cc(C2CC(CN)CN2C)c(S(C)(=O)=O)cc1C. The summed E-state index contributed by atoms with van der Waals surface area (Å²) in [4.78, 5) is 2.69. The van der Waals surface area contributed by atoms with Gasteiger partial charge in [0.25, 0.3) is 0 Å². The molecule has 2 rings (SSSR count). The van der Waals surface area contributed by atoms with Gasteiger partial charge >= 0.3 is 0 Å². The summed E-state index contributed by atoms with van der Waals surface area (Å²) in [6, 6.07) is 3.99. The van der Waals surface area contributed by atoms with E-state index < -0.39 is 9.84 Å². The van der Waals surface area contributed by atoms with Crippen molar-refractivity contribution in [3.8, 4) is 0 Å². The summed E-state index contributed by atoms with van der Waals surface area (Å²) >= 11 is 0. The zero-order chi connectivity index (χ0) is 15.1. The normalized spacial score (nSPS) is 24.2. The monoisotopic (exact) mass is 296 g/mol. The Morgan fingerprint density at radius 1 is 1.30 bits per heavy atom. The molecule has 0 bridgehead atoms. The summed E-state index contributed by atoms with van der Waals surface area (Å²) in [6.45, 7) is 5.56. The van der Waals surface area contributed by atoms with Gasteiger partial charge in [-0.2, -0.15) is 0 Å². The van der Waals surface area contributed by atoms with Crippen molar-refractivity contribution in [1.29, 1.82) is 0 Å². The number of hydrogen-bond donors (Lipinski definition) is 1. The fourth-order valence-corrected chi connectivity index (χ4v) is 4.05. The Hall–Kier alpha value is -0.910. The molecule has 1 aromatic rings. The summed E-state index contributed by atoms with van der Waals surface area (Å²) in [5.74, 6) is 0.444. The minimum atomic E-state index is -3.22. The molecule has 1 aliphatic rings. The van der Waals surface area contributed by atoms with Gasteiger partial charge in [0.2, 0.25) is 0 Å². The van der Waals surface area contributed by atoms with Crippen LogP contribution in [0.25, 0.3) is 0 Å². The quantitative estimate of drug-likeness (QED) is 0.921. The summed E-state index contributed by atoms with van der Waals surface area (Å²) in [7, 11) is -1.17. The van der Waals surface area contributed by atoms with Gasteiger partial charge in [-0.25, -0.2) is 8.42 Å². The molecule has 2 unspecified atom stereocenters. The van der Waals surface area contributed by atoms with Crippen molar-refractivity contribution in [3.63, 3.8) is 0 Å². The van der Waals surface area contributed by atoms with Gasteiger partial charge < -0.3 is 5.73 Å². The highest BCUT2D eigenvalue weighted by atomic mass is 32.2. The topological polar surface area (TPSA) is 63.4 Å². The summed E-state index contributed by atoms with van der Waals surface area (Å²) in [5, 5.41) is 0. The molecule has 0 radical (unpaired) electrons. The number of nitrogens with zero attached hydrogens (tertiary/aromatic N) is 1. The standard InChI is InChI=1S/C15H24N2O2S/c1-10-5-13(14-7-12(8-16)9-17(14)3)15(6-11(10)2)20(4,18)19/h5-6,12,14H,7-9,16H2,1-4H3. The van der Waals surface area contributed by atoms with Gasteiger partial charge in [-0.1, -0.05) is 6.07 Å². The molecule has 20 heavy (non-hydrogen) atoms. The van der Waals surface area contributed by atoms with Crippen LogP contribution in [0.15, 0.2) is 17.0 Å². The molecular weight excluding hydrogens is 272 g/mol. The van der Waals surface area contributed by atoms with Gasteiger partial charge in [0.1, 0.15) is 0 Å². The first-order chi connectivity index (χ1) is 9.24. The van der Waals surface area contributed by atoms with Crippen LogP contribution in [-0.4, -0.2) is 39.7 Å². The molecule has 4 nitrogen and oxygen atoms in total. The fraction of sp³-hybridized carbons (Fsp3) is 0.600. The molecule has 1 saturated heterocycles. The second-order valence-electron chi connectivity index (χ2n) is 6.04. The molecule has 0 aliphatic carbocycles. The predicted molar refractivity (Wildman–Crippen MR) is 81.6 cm³/mol.